The van der Waals surface area contributed by atoms with Crippen molar-refractivity contribution in [3.63, 3.8) is 0 Å². The Morgan fingerprint density at radius 1 is 1.21 bits per heavy atom. The van der Waals surface area contributed by atoms with Crippen molar-refractivity contribution in [1.82, 2.24) is 20.0 Å². The molecule has 0 radical (unpaired) electrons. The van der Waals surface area contributed by atoms with Crippen molar-refractivity contribution in [2.75, 3.05) is 32.8 Å². The van der Waals surface area contributed by atoms with Crippen molar-refractivity contribution in [3.05, 3.63) is 42.1 Å². The van der Waals surface area contributed by atoms with E-state index in [-0.39, 0.29) is 5.91 Å². The fourth-order valence-corrected chi connectivity index (χ4v) is 2.44. The fraction of sp³-hybridized carbons (Fsp3) is 0.444. The lowest BCUT2D eigenvalue weighted by atomic mass is 10.3. The monoisotopic (exact) mass is 330 g/mol. The molecule has 1 heterocycles. The van der Waals surface area contributed by atoms with Gasteiger partial charge in [0.05, 0.1) is 12.3 Å². The molecule has 1 amide bonds. The number of amides is 1. The number of para-hydroxylation sites is 1. The molecule has 6 heteroatoms. The third-order valence-corrected chi connectivity index (χ3v) is 3.81. The van der Waals surface area contributed by atoms with E-state index in [1.54, 1.807) is 10.7 Å². The van der Waals surface area contributed by atoms with E-state index in [1.165, 1.54) is 0 Å². The predicted octanol–water partition coefficient (Wildman–Crippen LogP) is 2.34. The molecule has 0 aliphatic rings. The fourth-order valence-electron chi connectivity index (χ4n) is 2.44. The van der Waals surface area contributed by atoms with Gasteiger partial charge in [0.15, 0.2) is 5.69 Å². The molecule has 0 spiro atoms. The van der Waals surface area contributed by atoms with Crippen LogP contribution in [0.25, 0.3) is 5.69 Å². The molecule has 0 unspecified atom stereocenters. The van der Waals surface area contributed by atoms with Crippen LogP contribution in [0.1, 0.15) is 31.3 Å². The maximum absolute atomic E-state index is 12.3. The topological polar surface area (TPSA) is 59.4 Å². The number of hydrogen-bond donors (Lipinski definition) is 1. The van der Waals surface area contributed by atoms with Gasteiger partial charge in [-0.1, -0.05) is 32.0 Å². The van der Waals surface area contributed by atoms with E-state index in [0.717, 1.165) is 25.3 Å². The molecule has 0 atom stereocenters. The summed E-state index contributed by atoms with van der Waals surface area (Å²) in [6.45, 7) is 10.0. The van der Waals surface area contributed by atoms with Crippen LogP contribution in [0.5, 0.6) is 5.88 Å². The Morgan fingerprint density at radius 3 is 2.54 bits per heavy atom. The first-order chi connectivity index (χ1) is 11.7. The van der Waals surface area contributed by atoms with E-state index >= 15 is 0 Å². The Hall–Kier alpha value is -2.34. The average Bonchev–Trinajstić information content (AvgIpc) is 3.04. The second-order valence-electron chi connectivity index (χ2n) is 5.33. The summed E-state index contributed by atoms with van der Waals surface area (Å²) in [4.78, 5) is 14.6. The molecule has 1 aromatic heterocycles. The van der Waals surface area contributed by atoms with E-state index in [9.17, 15) is 4.79 Å². The van der Waals surface area contributed by atoms with Gasteiger partial charge in [0, 0.05) is 19.2 Å². The van der Waals surface area contributed by atoms with E-state index in [4.69, 9.17) is 4.74 Å². The minimum absolute atomic E-state index is 0.183. The summed E-state index contributed by atoms with van der Waals surface area (Å²) in [5.41, 5.74) is 1.23. The molecule has 1 aromatic carbocycles. The van der Waals surface area contributed by atoms with Crippen molar-refractivity contribution >= 4 is 5.91 Å². The third kappa shape index (κ3) is 4.58. The summed E-state index contributed by atoms with van der Waals surface area (Å²) in [7, 11) is 0. The lowest BCUT2D eigenvalue weighted by molar-refractivity contribution is 0.0943. The average molecular weight is 330 g/mol. The van der Waals surface area contributed by atoms with Gasteiger partial charge in [-0.15, -0.1) is 0 Å². The van der Waals surface area contributed by atoms with Crippen molar-refractivity contribution in [3.8, 4) is 11.6 Å². The summed E-state index contributed by atoms with van der Waals surface area (Å²) in [5, 5.41) is 7.32. The van der Waals surface area contributed by atoms with Crippen LogP contribution in [0.4, 0.5) is 0 Å². The molecule has 130 valence electrons. The first-order valence-electron chi connectivity index (χ1n) is 8.48. The van der Waals surface area contributed by atoms with Crippen LogP contribution in [0.15, 0.2) is 36.4 Å². The molecule has 2 aromatic rings. The molecular weight excluding hydrogens is 304 g/mol. The summed E-state index contributed by atoms with van der Waals surface area (Å²) in [6, 6.07) is 11.3. The molecule has 6 nitrogen and oxygen atoms in total. The van der Waals surface area contributed by atoms with E-state index in [1.807, 2.05) is 37.3 Å². The zero-order valence-electron chi connectivity index (χ0n) is 14.7. The molecular formula is C18H26N4O2. The first-order valence-corrected chi connectivity index (χ1v) is 8.48. The smallest absolute Gasteiger partial charge is 0.271 e. The molecule has 24 heavy (non-hydrogen) atoms. The van der Waals surface area contributed by atoms with Crippen molar-refractivity contribution in [2.24, 2.45) is 0 Å². The summed E-state index contributed by atoms with van der Waals surface area (Å²) >= 11 is 0. The predicted molar refractivity (Wildman–Crippen MR) is 94.9 cm³/mol. The Balaban J connectivity index is 2.09. The Bertz CT molecular complexity index is 636. The van der Waals surface area contributed by atoms with Crippen LogP contribution < -0.4 is 10.1 Å². The van der Waals surface area contributed by atoms with E-state index in [0.29, 0.717) is 24.7 Å². The SMILES string of the molecule is CCOc1cc(C(=O)NCCN(CC)CC)nn1-c1ccccc1. The normalized spacial score (nSPS) is 10.8. The number of rotatable bonds is 9. The molecule has 0 saturated carbocycles. The molecule has 0 aliphatic carbocycles. The number of nitrogens with one attached hydrogen (secondary N) is 1. The molecule has 2 rings (SSSR count). The van der Waals surface area contributed by atoms with Crippen LogP contribution in [0.3, 0.4) is 0 Å². The second-order valence-corrected chi connectivity index (χ2v) is 5.33. The third-order valence-electron chi connectivity index (χ3n) is 3.81. The minimum atomic E-state index is -0.183. The van der Waals surface area contributed by atoms with Gasteiger partial charge in [-0.3, -0.25) is 4.79 Å². The Labute approximate surface area is 143 Å². The molecule has 0 aliphatic heterocycles. The summed E-state index contributed by atoms with van der Waals surface area (Å²) < 4.78 is 7.27. The number of nitrogens with zero attached hydrogens (tertiary/aromatic N) is 3. The second kappa shape index (κ2) is 9.08. The maximum Gasteiger partial charge on any atom is 0.271 e. The standard InChI is InChI=1S/C18H26N4O2/c1-4-21(5-2)13-12-19-18(23)16-14-17(24-6-3)22(20-16)15-10-8-7-9-11-15/h7-11,14H,4-6,12-13H2,1-3H3,(H,19,23). The van der Waals surface area contributed by atoms with Gasteiger partial charge in [-0.2, -0.15) is 5.10 Å². The molecule has 0 fully saturated rings. The number of benzene rings is 1. The minimum Gasteiger partial charge on any atom is -0.478 e. The largest absolute Gasteiger partial charge is 0.478 e. The van der Waals surface area contributed by atoms with Crippen LogP contribution in [-0.4, -0.2) is 53.4 Å². The van der Waals surface area contributed by atoms with Gasteiger partial charge >= 0.3 is 0 Å². The zero-order valence-corrected chi connectivity index (χ0v) is 14.7. The number of carbonyl (C=O) groups is 1. The highest BCUT2D eigenvalue weighted by atomic mass is 16.5. The Kier molecular flexibility index (Phi) is 6.81. The van der Waals surface area contributed by atoms with Gasteiger partial charge in [-0.25, -0.2) is 4.68 Å². The molecule has 1 N–H and O–H groups in total. The Morgan fingerprint density at radius 2 is 1.92 bits per heavy atom. The number of likely N-dealkylation sites (N-methyl/N-ethyl adjacent to an activating group) is 1. The first kappa shape index (κ1) is 18.0. The van der Waals surface area contributed by atoms with Gasteiger partial charge < -0.3 is 15.0 Å². The number of carbonyl (C=O) groups excluding carboxylic acids is 1. The van der Waals surface area contributed by atoms with Crippen LogP contribution in [0, 0.1) is 0 Å². The van der Waals surface area contributed by atoms with Crippen molar-refractivity contribution < 1.29 is 9.53 Å². The van der Waals surface area contributed by atoms with Gasteiger partial charge in [0.1, 0.15) is 0 Å². The quantitative estimate of drug-likeness (QED) is 0.767. The van der Waals surface area contributed by atoms with Crippen molar-refractivity contribution in [2.45, 2.75) is 20.8 Å². The van der Waals surface area contributed by atoms with Gasteiger partial charge in [0.2, 0.25) is 5.88 Å². The van der Waals surface area contributed by atoms with Crippen LogP contribution in [0.2, 0.25) is 0 Å². The van der Waals surface area contributed by atoms with E-state index < -0.39 is 0 Å². The molecule has 0 bridgehead atoms. The summed E-state index contributed by atoms with van der Waals surface area (Å²) in [5.74, 6) is 0.385. The zero-order chi connectivity index (χ0) is 17.4. The molecule has 0 saturated heterocycles. The van der Waals surface area contributed by atoms with E-state index in [2.05, 4.69) is 29.2 Å². The number of ether oxygens (including phenoxy) is 1. The van der Waals surface area contributed by atoms with Gasteiger partial charge in [0.25, 0.3) is 5.91 Å². The van der Waals surface area contributed by atoms with Crippen LogP contribution >= 0.6 is 0 Å². The number of hydrogen-bond acceptors (Lipinski definition) is 4. The highest BCUT2D eigenvalue weighted by molar-refractivity contribution is 5.92. The van der Waals surface area contributed by atoms with Crippen LogP contribution in [-0.2, 0) is 0 Å². The summed E-state index contributed by atoms with van der Waals surface area (Å²) in [6.07, 6.45) is 0. The maximum atomic E-state index is 12.3. The highest BCUT2D eigenvalue weighted by Crippen LogP contribution is 2.19. The van der Waals surface area contributed by atoms with Crippen molar-refractivity contribution in [1.29, 1.82) is 0 Å². The highest BCUT2D eigenvalue weighted by Gasteiger charge is 2.16. The lowest BCUT2D eigenvalue weighted by Gasteiger charge is -2.17. The lowest BCUT2D eigenvalue weighted by Crippen LogP contribution is -2.35. The van der Waals surface area contributed by atoms with Gasteiger partial charge in [-0.05, 0) is 32.1 Å². The number of aromatic nitrogens is 2.